The van der Waals surface area contributed by atoms with Gasteiger partial charge in [0.25, 0.3) is 5.91 Å². The van der Waals surface area contributed by atoms with Crippen molar-refractivity contribution in [1.82, 2.24) is 15.1 Å². The molecule has 2 aromatic heterocycles. The van der Waals surface area contributed by atoms with Crippen LogP contribution in [0.4, 0.5) is 0 Å². The molecule has 0 spiro atoms. The standard InChI is InChI=1S/C15H19N3O3S/c1-8-5-12(9(2)22-8)15(19)18-7-11(20-4)6-13(18)14-17-16-10(3)21-14/h5,11,13H,6-7H2,1-4H3/t11-,13-/m1/s1. The molecule has 7 heteroatoms. The lowest BCUT2D eigenvalue weighted by atomic mass is 10.1. The van der Waals surface area contributed by atoms with Crippen molar-refractivity contribution < 1.29 is 13.9 Å². The van der Waals surface area contributed by atoms with Crippen LogP contribution in [0.1, 0.15) is 44.4 Å². The fourth-order valence-electron chi connectivity index (χ4n) is 2.87. The van der Waals surface area contributed by atoms with E-state index >= 15 is 0 Å². The van der Waals surface area contributed by atoms with Crippen LogP contribution < -0.4 is 0 Å². The van der Waals surface area contributed by atoms with E-state index in [1.54, 1.807) is 30.3 Å². The van der Waals surface area contributed by atoms with E-state index in [2.05, 4.69) is 10.2 Å². The van der Waals surface area contributed by atoms with Crippen LogP contribution in [0.2, 0.25) is 0 Å². The molecule has 0 aromatic carbocycles. The van der Waals surface area contributed by atoms with Gasteiger partial charge >= 0.3 is 0 Å². The quantitative estimate of drug-likeness (QED) is 0.869. The van der Waals surface area contributed by atoms with Crippen molar-refractivity contribution in [3.63, 3.8) is 0 Å². The molecule has 1 aliphatic heterocycles. The minimum atomic E-state index is -0.224. The molecule has 3 rings (SSSR count). The monoisotopic (exact) mass is 321 g/mol. The predicted molar refractivity (Wildman–Crippen MR) is 82.0 cm³/mol. The van der Waals surface area contributed by atoms with Crippen molar-refractivity contribution in [1.29, 1.82) is 0 Å². The number of rotatable bonds is 3. The summed E-state index contributed by atoms with van der Waals surface area (Å²) in [5.41, 5.74) is 0.750. The van der Waals surface area contributed by atoms with Crippen LogP contribution in [0.25, 0.3) is 0 Å². The van der Waals surface area contributed by atoms with Crippen LogP contribution in [-0.4, -0.2) is 40.8 Å². The summed E-state index contributed by atoms with van der Waals surface area (Å²) in [5.74, 6) is 0.989. The first-order valence-electron chi connectivity index (χ1n) is 7.20. The van der Waals surface area contributed by atoms with Gasteiger partial charge in [0.15, 0.2) is 0 Å². The van der Waals surface area contributed by atoms with E-state index < -0.39 is 0 Å². The summed E-state index contributed by atoms with van der Waals surface area (Å²) in [6.45, 7) is 6.27. The number of likely N-dealkylation sites (tertiary alicyclic amines) is 1. The summed E-state index contributed by atoms with van der Waals surface area (Å²) in [6.07, 6.45) is 0.660. The Bertz CT molecular complexity index is 694. The molecule has 3 heterocycles. The highest BCUT2D eigenvalue weighted by atomic mass is 32.1. The number of carbonyl (C=O) groups is 1. The minimum absolute atomic E-state index is 0.00209. The lowest BCUT2D eigenvalue weighted by Crippen LogP contribution is -2.32. The fourth-order valence-corrected chi connectivity index (χ4v) is 3.79. The van der Waals surface area contributed by atoms with Gasteiger partial charge in [-0.2, -0.15) is 0 Å². The van der Waals surface area contributed by atoms with Crippen molar-refractivity contribution in [2.24, 2.45) is 0 Å². The van der Waals surface area contributed by atoms with Crippen LogP contribution in [0.3, 0.4) is 0 Å². The van der Waals surface area contributed by atoms with Crippen LogP contribution >= 0.6 is 11.3 Å². The molecule has 6 nitrogen and oxygen atoms in total. The molecule has 1 saturated heterocycles. The van der Waals surface area contributed by atoms with E-state index in [1.807, 2.05) is 19.9 Å². The smallest absolute Gasteiger partial charge is 0.255 e. The van der Waals surface area contributed by atoms with Crippen molar-refractivity contribution in [3.05, 3.63) is 33.2 Å². The number of thiophene rings is 1. The highest BCUT2D eigenvalue weighted by Gasteiger charge is 2.40. The molecular formula is C15H19N3O3S. The molecule has 0 saturated carbocycles. The molecule has 0 unspecified atom stereocenters. The number of carbonyl (C=O) groups excluding carboxylic acids is 1. The molecule has 2 atom stereocenters. The van der Waals surface area contributed by atoms with Crippen LogP contribution in [0, 0.1) is 20.8 Å². The zero-order valence-electron chi connectivity index (χ0n) is 13.1. The number of amides is 1. The highest BCUT2D eigenvalue weighted by Crippen LogP contribution is 2.35. The lowest BCUT2D eigenvalue weighted by Gasteiger charge is -2.21. The molecule has 22 heavy (non-hydrogen) atoms. The summed E-state index contributed by atoms with van der Waals surface area (Å²) in [7, 11) is 1.66. The molecule has 0 radical (unpaired) electrons. The molecule has 0 N–H and O–H groups in total. The topological polar surface area (TPSA) is 68.5 Å². The van der Waals surface area contributed by atoms with Gasteiger partial charge < -0.3 is 14.1 Å². The van der Waals surface area contributed by atoms with Crippen molar-refractivity contribution in [2.75, 3.05) is 13.7 Å². The normalized spacial score (nSPS) is 21.5. The van der Waals surface area contributed by atoms with Gasteiger partial charge in [-0.25, -0.2) is 0 Å². The molecule has 1 amide bonds. The number of aryl methyl sites for hydroxylation is 3. The Morgan fingerprint density at radius 2 is 2.18 bits per heavy atom. The maximum atomic E-state index is 12.9. The SMILES string of the molecule is CO[C@@H]1C[C@H](c2nnc(C)o2)N(C(=O)c2cc(C)sc2C)C1. The molecule has 1 aliphatic rings. The minimum Gasteiger partial charge on any atom is -0.423 e. The van der Waals surface area contributed by atoms with Gasteiger partial charge in [-0.1, -0.05) is 0 Å². The molecule has 2 aromatic rings. The number of ether oxygens (including phenoxy) is 1. The molecule has 118 valence electrons. The van der Waals surface area contributed by atoms with Crippen molar-refractivity contribution in [2.45, 2.75) is 39.3 Å². The van der Waals surface area contributed by atoms with E-state index in [0.29, 0.717) is 24.7 Å². The second-order valence-electron chi connectivity index (χ2n) is 5.55. The maximum absolute atomic E-state index is 12.9. The van der Waals surface area contributed by atoms with E-state index in [9.17, 15) is 4.79 Å². The third-order valence-electron chi connectivity index (χ3n) is 3.96. The Kier molecular flexibility index (Phi) is 4.01. The number of hydrogen-bond acceptors (Lipinski definition) is 6. The highest BCUT2D eigenvalue weighted by molar-refractivity contribution is 7.12. The summed E-state index contributed by atoms with van der Waals surface area (Å²) < 4.78 is 11.0. The van der Waals surface area contributed by atoms with Crippen LogP contribution in [0.5, 0.6) is 0 Å². The van der Waals surface area contributed by atoms with Gasteiger partial charge in [0.1, 0.15) is 6.04 Å². The second kappa shape index (κ2) is 5.81. The van der Waals surface area contributed by atoms with Gasteiger partial charge in [0.05, 0.1) is 11.7 Å². The van der Waals surface area contributed by atoms with Crippen LogP contribution in [0.15, 0.2) is 10.5 Å². The van der Waals surface area contributed by atoms with Gasteiger partial charge in [-0.3, -0.25) is 4.79 Å². The average molecular weight is 321 g/mol. The summed E-state index contributed by atoms with van der Waals surface area (Å²) in [4.78, 5) is 16.9. The molecule has 0 aliphatic carbocycles. The first kappa shape index (κ1) is 15.2. The lowest BCUT2D eigenvalue weighted by molar-refractivity contribution is 0.0674. The summed E-state index contributed by atoms with van der Waals surface area (Å²) >= 11 is 1.63. The third-order valence-corrected chi connectivity index (χ3v) is 4.92. The summed E-state index contributed by atoms with van der Waals surface area (Å²) in [6, 6.07) is 1.72. The van der Waals surface area contributed by atoms with E-state index in [-0.39, 0.29) is 18.1 Å². The number of methoxy groups -OCH3 is 1. The van der Waals surface area contributed by atoms with Gasteiger partial charge in [-0.05, 0) is 19.9 Å². The Hall–Kier alpha value is -1.73. The summed E-state index contributed by atoms with van der Waals surface area (Å²) in [5, 5.41) is 7.96. The Morgan fingerprint density at radius 3 is 2.73 bits per heavy atom. The fraction of sp³-hybridized carbons (Fsp3) is 0.533. The zero-order valence-corrected chi connectivity index (χ0v) is 13.9. The van der Waals surface area contributed by atoms with E-state index in [1.165, 1.54) is 0 Å². The molecule has 1 fully saturated rings. The molecular weight excluding hydrogens is 302 g/mol. The Labute approximate surface area is 133 Å². The van der Waals surface area contributed by atoms with E-state index in [4.69, 9.17) is 9.15 Å². The predicted octanol–water partition coefficient (Wildman–Crippen LogP) is 2.66. The first-order valence-corrected chi connectivity index (χ1v) is 8.02. The second-order valence-corrected chi connectivity index (χ2v) is 7.01. The first-order chi connectivity index (χ1) is 10.5. The van der Waals surface area contributed by atoms with Crippen molar-refractivity contribution >= 4 is 17.2 Å². The van der Waals surface area contributed by atoms with Gasteiger partial charge in [0.2, 0.25) is 11.8 Å². The van der Waals surface area contributed by atoms with Crippen molar-refractivity contribution in [3.8, 4) is 0 Å². The number of nitrogens with zero attached hydrogens (tertiary/aromatic N) is 3. The third kappa shape index (κ3) is 2.66. The average Bonchev–Trinajstić information content (AvgIpc) is 3.16. The van der Waals surface area contributed by atoms with Gasteiger partial charge in [0, 0.05) is 36.8 Å². The van der Waals surface area contributed by atoms with E-state index in [0.717, 1.165) is 15.3 Å². The van der Waals surface area contributed by atoms with Gasteiger partial charge in [-0.15, -0.1) is 21.5 Å². The maximum Gasteiger partial charge on any atom is 0.255 e. The largest absolute Gasteiger partial charge is 0.423 e. The number of aromatic nitrogens is 2. The zero-order chi connectivity index (χ0) is 15.9. The Balaban J connectivity index is 1.92. The number of hydrogen-bond donors (Lipinski definition) is 0. The van der Waals surface area contributed by atoms with Crippen LogP contribution in [-0.2, 0) is 4.74 Å². The Morgan fingerprint density at radius 1 is 1.41 bits per heavy atom. The molecule has 0 bridgehead atoms.